The second-order valence-electron chi connectivity index (χ2n) is 18.7. The molecule has 0 aliphatic heterocycles. The molecule has 0 saturated heterocycles. The molecule has 0 aliphatic rings. The van der Waals surface area contributed by atoms with Crippen molar-refractivity contribution in [1.29, 1.82) is 0 Å². The number of hydrogen-bond donors (Lipinski definition) is 0. The van der Waals surface area contributed by atoms with Crippen LogP contribution in [0.15, 0.2) is 70.5 Å². The predicted molar refractivity (Wildman–Crippen MR) is 276 cm³/mol. The summed E-state index contributed by atoms with van der Waals surface area (Å²) in [5.41, 5.74) is 5.13. The fourth-order valence-electron chi connectivity index (χ4n) is 9.12. The molecule has 0 unspecified atom stereocenters. The minimum absolute atomic E-state index is 0. The molecule has 4 rings (SSSR count). The average Bonchev–Trinajstić information content (AvgIpc) is 3.27. The molecule has 360 valence electrons. The summed E-state index contributed by atoms with van der Waals surface area (Å²) in [7, 11) is -8.87. The van der Waals surface area contributed by atoms with Gasteiger partial charge in [0.05, 0.1) is 9.79 Å². The van der Waals surface area contributed by atoms with Crippen LogP contribution in [-0.4, -0.2) is 74.8 Å². The summed E-state index contributed by atoms with van der Waals surface area (Å²) >= 11 is 0. The van der Waals surface area contributed by atoms with Crippen molar-refractivity contribution in [3.05, 3.63) is 82.9 Å². The summed E-state index contributed by atoms with van der Waals surface area (Å²) in [5, 5.41) is 3.96. The Morgan fingerprint density at radius 2 is 0.600 bits per heavy atom. The summed E-state index contributed by atoms with van der Waals surface area (Å²) in [6.07, 6.45) is 39.8. The van der Waals surface area contributed by atoms with Gasteiger partial charge in [-0.15, -0.1) is 0 Å². The van der Waals surface area contributed by atoms with Crippen LogP contribution in [0.5, 0.6) is 0 Å². The Morgan fingerprint density at radius 3 is 0.877 bits per heavy atom. The molecule has 0 N–H and O–H groups in total. The number of rotatable bonds is 34. The first-order chi connectivity index (χ1) is 30.9. The maximum absolute atomic E-state index is 11.5. The Balaban J connectivity index is 0.000000440. The number of unbranched alkanes of at least 4 members (excludes halogenated alkanes) is 24. The Labute approximate surface area is 438 Å². The van der Waals surface area contributed by atoms with Crippen molar-refractivity contribution in [2.75, 3.05) is 0 Å². The van der Waals surface area contributed by atoms with E-state index in [0.717, 1.165) is 72.9 Å². The van der Waals surface area contributed by atoms with E-state index in [1.165, 1.54) is 188 Å². The molecule has 0 radical (unpaired) electrons. The van der Waals surface area contributed by atoms with E-state index in [1.807, 2.05) is 12.1 Å². The van der Waals surface area contributed by atoms with Crippen molar-refractivity contribution in [3.8, 4) is 0 Å². The fraction of sp³-hybridized carbons (Fsp3) is 0.643. The first-order valence-electron chi connectivity index (χ1n) is 25.9. The molecule has 0 fully saturated rings. The van der Waals surface area contributed by atoms with Gasteiger partial charge in [0.25, 0.3) is 0 Å². The topological polar surface area (TPSA) is 114 Å². The van der Waals surface area contributed by atoms with E-state index in [4.69, 9.17) is 0 Å². The molecule has 4 aromatic carbocycles. The Morgan fingerprint density at radius 1 is 0.338 bits per heavy atom. The van der Waals surface area contributed by atoms with Gasteiger partial charge in [0.15, 0.2) is 0 Å². The molecule has 0 atom stereocenters. The van der Waals surface area contributed by atoms with Gasteiger partial charge < -0.3 is 9.11 Å². The van der Waals surface area contributed by atoms with E-state index in [1.54, 1.807) is 12.1 Å². The maximum Gasteiger partial charge on any atom is 2.00 e. The SMILES string of the molecule is CCCCCCCCCc1cc(CCCCCCCCC)c2ccc(S(=O)(=O)[O-])cc2c1.CCCCCCCCCc1cc(CCCCCCCCC)c2ccc(S(=O)(=O)[O-])cc2c1.[Ba+2]. The van der Waals surface area contributed by atoms with E-state index in [2.05, 4.69) is 52.0 Å². The molecule has 9 heteroatoms. The van der Waals surface area contributed by atoms with Crippen LogP contribution in [0, 0.1) is 0 Å². The van der Waals surface area contributed by atoms with Crippen LogP contribution in [-0.2, 0) is 45.9 Å². The zero-order valence-electron chi connectivity index (χ0n) is 41.4. The van der Waals surface area contributed by atoms with Gasteiger partial charge in [-0.25, -0.2) is 16.8 Å². The molecule has 4 aromatic rings. The zero-order valence-corrected chi connectivity index (χ0v) is 47.4. The van der Waals surface area contributed by atoms with Gasteiger partial charge in [-0.2, -0.15) is 0 Å². The predicted octanol–water partition coefficient (Wildman–Crippen LogP) is 16.3. The normalized spacial score (nSPS) is 11.8. The first-order valence-corrected chi connectivity index (χ1v) is 28.8. The number of aryl methyl sites for hydroxylation is 4. The second kappa shape index (κ2) is 35.0. The molecule has 0 saturated carbocycles. The minimum Gasteiger partial charge on any atom is -0.744 e. The van der Waals surface area contributed by atoms with E-state index in [9.17, 15) is 25.9 Å². The number of hydrogen-bond acceptors (Lipinski definition) is 6. The van der Waals surface area contributed by atoms with Gasteiger partial charge in [0.2, 0.25) is 0 Å². The van der Waals surface area contributed by atoms with Crippen LogP contribution in [0.1, 0.15) is 230 Å². The molecular weight excluding hydrogens is 970 g/mol. The molecule has 0 bridgehead atoms. The summed E-state index contributed by atoms with van der Waals surface area (Å²) < 4.78 is 69.2. The molecular formula is C56H86BaO6S2. The van der Waals surface area contributed by atoms with Crippen LogP contribution in [0.3, 0.4) is 0 Å². The van der Waals surface area contributed by atoms with E-state index in [-0.39, 0.29) is 58.7 Å². The van der Waals surface area contributed by atoms with Crippen molar-refractivity contribution < 1.29 is 25.9 Å². The third kappa shape index (κ3) is 24.8. The quantitative estimate of drug-likeness (QED) is 0.0261. The fourth-order valence-corrected chi connectivity index (χ4v) is 10.1. The van der Waals surface area contributed by atoms with E-state index < -0.39 is 20.2 Å². The largest absolute Gasteiger partial charge is 2.00 e. The third-order valence-corrected chi connectivity index (χ3v) is 14.6. The maximum atomic E-state index is 11.5. The standard InChI is InChI=1S/2C28H44O3S.Ba/c2*1-3-5-7-9-11-13-15-17-24-21-25(18-16-14-12-10-8-6-4-2)28-20-19-27(32(29,30)31)23-26(28)22-24;/h2*19-23H,3-18H2,1-2H3,(H,29,30,31);/q;;+2/p-2. The Kier molecular flexibility index (Phi) is 32.2. The number of fused-ring (bicyclic) bond motifs is 2. The van der Waals surface area contributed by atoms with Crippen LogP contribution in [0.25, 0.3) is 21.5 Å². The minimum atomic E-state index is -4.43. The molecule has 0 spiro atoms. The van der Waals surface area contributed by atoms with Gasteiger partial charge in [-0.1, -0.05) is 218 Å². The van der Waals surface area contributed by atoms with Crippen molar-refractivity contribution in [2.24, 2.45) is 0 Å². The van der Waals surface area contributed by atoms with E-state index in [0.29, 0.717) is 0 Å². The van der Waals surface area contributed by atoms with Crippen molar-refractivity contribution in [3.63, 3.8) is 0 Å². The zero-order chi connectivity index (χ0) is 46.5. The Bertz CT molecular complexity index is 1960. The van der Waals surface area contributed by atoms with Crippen LogP contribution < -0.4 is 0 Å². The van der Waals surface area contributed by atoms with Crippen LogP contribution in [0.4, 0.5) is 0 Å². The van der Waals surface area contributed by atoms with Gasteiger partial charge in [0.1, 0.15) is 20.2 Å². The van der Waals surface area contributed by atoms with Crippen molar-refractivity contribution in [2.45, 2.75) is 243 Å². The molecule has 0 aliphatic carbocycles. The van der Waals surface area contributed by atoms with Gasteiger partial charge >= 0.3 is 48.9 Å². The third-order valence-electron chi connectivity index (χ3n) is 13.0. The van der Waals surface area contributed by atoms with Gasteiger partial charge in [-0.3, -0.25) is 0 Å². The molecule has 6 nitrogen and oxygen atoms in total. The molecule has 0 aromatic heterocycles. The van der Waals surface area contributed by atoms with E-state index >= 15 is 0 Å². The summed E-state index contributed by atoms with van der Waals surface area (Å²) in [6.45, 7) is 8.97. The molecule has 65 heavy (non-hydrogen) atoms. The Hall–Kier alpha value is -1.21. The molecule has 0 heterocycles. The van der Waals surface area contributed by atoms with Gasteiger partial charge in [0, 0.05) is 0 Å². The molecule has 0 amide bonds. The van der Waals surface area contributed by atoms with Crippen LogP contribution >= 0.6 is 0 Å². The smallest absolute Gasteiger partial charge is 0.744 e. The van der Waals surface area contributed by atoms with Crippen molar-refractivity contribution in [1.82, 2.24) is 0 Å². The summed E-state index contributed by atoms with van der Waals surface area (Å²) in [5.74, 6) is 0. The monoisotopic (exact) mass is 1060 g/mol. The first kappa shape index (κ1) is 59.9. The number of benzene rings is 4. The van der Waals surface area contributed by atoms with Crippen molar-refractivity contribution >= 4 is 90.7 Å². The average molecular weight is 1060 g/mol. The summed E-state index contributed by atoms with van der Waals surface area (Å²) in [4.78, 5) is -0.250. The van der Waals surface area contributed by atoms with Gasteiger partial charge in [-0.05, 0) is 119 Å². The second-order valence-corrected chi connectivity index (χ2v) is 21.4. The summed E-state index contributed by atoms with van der Waals surface area (Å²) in [6, 6.07) is 18.6. The van der Waals surface area contributed by atoms with Crippen LogP contribution in [0.2, 0.25) is 0 Å².